The molecule has 2 aromatic rings. The molecule has 152 valence electrons. The van der Waals surface area contributed by atoms with Crippen LogP contribution in [0.25, 0.3) is 11.3 Å². The zero-order valence-electron chi connectivity index (χ0n) is 16.7. The standard InChI is InChI=1S/C21H30ClN5O/c1-15(2)26-19-12-20(22)25-14-17(19)18-11-16(13-24-18)21(28)23-7-6-10-27-8-4-3-5-9-27/h11-15,24H,3-10H2,1-2H3,(H,23,28)(H,25,26). The lowest BCUT2D eigenvalue weighted by Gasteiger charge is -2.26. The normalized spacial score (nSPS) is 15.0. The average Bonchev–Trinajstić information content (AvgIpc) is 3.15. The number of halogens is 1. The average molecular weight is 404 g/mol. The van der Waals surface area contributed by atoms with E-state index in [1.54, 1.807) is 18.5 Å². The van der Waals surface area contributed by atoms with E-state index in [-0.39, 0.29) is 11.9 Å². The van der Waals surface area contributed by atoms with Crippen LogP contribution in [-0.2, 0) is 0 Å². The van der Waals surface area contributed by atoms with Crippen LogP contribution < -0.4 is 10.6 Å². The van der Waals surface area contributed by atoms with E-state index in [1.807, 2.05) is 6.07 Å². The molecule has 1 saturated heterocycles. The van der Waals surface area contributed by atoms with Crippen molar-refractivity contribution < 1.29 is 4.79 Å². The van der Waals surface area contributed by atoms with Crippen molar-refractivity contribution in [3.05, 3.63) is 35.2 Å². The highest BCUT2D eigenvalue weighted by Gasteiger charge is 2.14. The van der Waals surface area contributed by atoms with E-state index in [2.05, 4.69) is 39.3 Å². The zero-order valence-corrected chi connectivity index (χ0v) is 17.5. The Kier molecular flexibility index (Phi) is 7.34. The summed E-state index contributed by atoms with van der Waals surface area (Å²) in [5.74, 6) is -0.0542. The molecule has 2 aromatic heterocycles. The Morgan fingerprint density at radius 3 is 2.82 bits per heavy atom. The number of pyridine rings is 1. The molecule has 3 heterocycles. The van der Waals surface area contributed by atoms with Gasteiger partial charge in [-0.05, 0) is 64.9 Å². The van der Waals surface area contributed by atoms with Gasteiger partial charge in [-0.1, -0.05) is 18.0 Å². The van der Waals surface area contributed by atoms with Crippen molar-refractivity contribution in [1.29, 1.82) is 0 Å². The smallest absolute Gasteiger partial charge is 0.252 e. The fourth-order valence-electron chi connectivity index (χ4n) is 3.55. The number of rotatable bonds is 8. The number of nitrogens with zero attached hydrogens (tertiary/aromatic N) is 2. The number of carbonyl (C=O) groups excluding carboxylic acids is 1. The second-order valence-electron chi connectivity index (χ2n) is 7.67. The van der Waals surface area contributed by atoms with E-state index in [1.165, 1.54) is 32.4 Å². The summed E-state index contributed by atoms with van der Waals surface area (Å²) >= 11 is 6.04. The van der Waals surface area contributed by atoms with Gasteiger partial charge < -0.3 is 20.5 Å². The van der Waals surface area contributed by atoms with Gasteiger partial charge >= 0.3 is 0 Å². The molecule has 28 heavy (non-hydrogen) atoms. The predicted molar refractivity (Wildman–Crippen MR) is 115 cm³/mol. The van der Waals surface area contributed by atoms with Crippen molar-refractivity contribution in [2.24, 2.45) is 0 Å². The largest absolute Gasteiger partial charge is 0.382 e. The van der Waals surface area contributed by atoms with Crippen LogP contribution in [0.1, 0.15) is 49.9 Å². The van der Waals surface area contributed by atoms with Crippen LogP contribution >= 0.6 is 11.6 Å². The van der Waals surface area contributed by atoms with Crippen LogP contribution in [-0.4, -0.2) is 53.0 Å². The van der Waals surface area contributed by atoms with E-state index < -0.39 is 0 Å². The second kappa shape index (κ2) is 9.94. The van der Waals surface area contributed by atoms with Crippen LogP contribution in [0.15, 0.2) is 24.5 Å². The second-order valence-corrected chi connectivity index (χ2v) is 8.05. The van der Waals surface area contributed by atoms with Crippen molar-refractivity contribution in [2.45, 2.75) is 45.6 Å². The minimum Gasteiger partial charge on any atom is -0.382 e. The fraction of sp³-hybridized carbons (Fsp3) is 0.524. The highest BCUT2D eigenvalue weighted by Crippen LogP contribution is 2.29. The molecular formula is C21H30ClN5O. The van der Waals surface area contributed by atoms with Crippen molar-refractivity contribution >= 4 is 23.2 Å². The Bertz CT molecular complexity index is 783. The van der Waals surface area contributed by atoms with Gasteiger partial charge in [0.15, 0.2) is 0 Å². The van der Waals surface area contributed by atoms with Gasteiger partial charge in [0.05, 0.1) is 5.56 Å². The monoisotopic (exact) mass is 403 g/mol. The van der Waals surface area contributed by atoms with Gasteiger partial charge in [-0.3, -0.25) is 4.79 Å². The molecule has 0 bridgehead atoms. The molecule has 0 saturated carbocycles. The SMILES string of the molecule is CC(C)Nc1cc(Cl)ncc1-c1cc(C(=O)NCCCN2CCCCC2)c[nH]1. The van der Waals surface area contributed by atoms with E-state index in [0.29, 0.717) is 17.3 Å². The van der Waals surface area contributed by atoms with Crippen molar-refractivity contribution in [2.75, 3.05) is 31.5 Å². The Balaban J connectivity index is 1.56. The molecule has 3 rings (SSSR count). The highest BCUT2D eigenvalue weighted by molar-refractivity contribution is 6.29. The van der Waals surface area contributed by atoms with Crippen molar-refractivity contribution in [1.82, 2.24) is 20.2 Å². The summed E-state index contributed by atoms with van der Waals surface area (Å²) in [5, 5.41) is 6.83. The summed E-state index contributed by atoms with van der Waals surface area (Å²) in [6.07, 6.45) is 8.38. The lowest BCUT2D eigenvalue weighted by Crippen LogP contribution is -2.33. The Morgan fingerprint density at radius 2 is 2.07 bits per heavy atom. The Morgan fingerprint density at radius 1 is 1.29 bits per heavy atom. The minimum absolute atomic E-state index is 0.0542. The quantitative estimate of drug-likeness (QED) is 0.457. The van der Waals surface area contributed by atoms with Gasteiger partial charge in [0.25, 0.3) is 5.91 Å². The molecule has 1 amide bonds. The first-order valence-corrected chi connectivity index (χ1v) is 10.5. The molecular weight excluding hydrogens is 374 g/mol. The summed E-state index contributed by atoms with van der Waals surface area (Å²) in [7, 11) is 0. The molecule has 1 fully saturated rings. The number of aromatic amines is 1. The third kappa shape index (κ3) is 5.72. The fourth-order valence-corrected chi connectivity index (χ4v) is 3.70. The molecule has 0 atom stereocenters. The van der Waals surface area contributed by atoms with Gasteiger partial charge in [0, 0.05) is 41.9 Å². The summed E-state index contributed by atoms with van der Waals surface area (Å²) in [4.78, 5) is 22.3. The van der Waals surface area contributed by atoms with Gasteiger partial charge in [0.2, 0.25) is 0 Å². The number of amides is 1. The number of H-pyrrole nitrogens is 1. The van der Waals surface area contributed by atoms with Crippen molar-refractivity contribution in [3.63, 3.8) is 0 Å². The third-order valence-corrected chi connectivity index (χ3v) is 5.14. The molecule has 0 radical (unpaired) electrons. The van der Waals surface area contributed by atoms with Crippen LogP contribution in [0.2, 0.25) is 5.15 Å². The maximum absolute atomic E-state index is 12.5. The molecule has 0 aliphatic carbocycles. The number of piperidine rings is 1. The Hall–Kier alpha value is -2.05. The Labute approximate surface area is 172 Å². The van der Waals surface area contributed by atoms with Crippen LogP contribution in [0.3, 0.4) is 0 Å². The lowest BCUT2D eigenvalue weighted by atomic mass is 10.1. The van der Waals surface area contributed by atoms with E-state index >= 15 is 0 Å². The van der Waals surface area contributed by atoms with E-state index in [0.717, 1.165) is 29.9 Å². The highest BCUT2D eigenvalue weighted by atomic mass is 35.5. The van der Waals surface area contributed by atoms with E-state index in [4.69, 9.17) is 11.6 Å². The summed E-state index contributed by atoms with van der Waals surface area (Å²) in [6, 6.07) is 3.92. The number of anilines is 1. The maximum Gasteiger partial charge on any atom is 0.252 e. The van der Waals surface area contributed by atoms with Gasteiger partial charge in [0.1, 0.15) is 5.15 Å². The van der Waals surface area contributed by atoms with Crippen LogP contribution in [0, 0.1) is 0 Å². The summed E-state index contributed by atoms with van der Waals surface area (Å²) < 4.78 is 0. The predicted octanol–water partition coefficient (Wildman–Crippen LogP) is 4.16. The lowest BCUT2D eigenvalue weighted by molar-refractivity contribution is 0.0951. The number of hydrogen-bond acceptors (Lipinski definition) is 4. The molecule has 7 heteroatoms. The number of hydrogen-bond donors (Lipinski definition) is 3. The summed E-state index contributed by atoms with van der Waals surface area (Å²) in [6.45, 7) is 8.26. The summed E-state index contributed by atoms with van der Waals surface area (Å²) in [5.41, 5.74) is 3.25. The molecule has 6 nitrogen and oxygen atoms in total. The molecule has 0 unspecified atom stereocenters. The minimum atomic E-state index is -0.0542. The topological polar surface area (TPSA) is 73.1 Å². The number of nitrogens with one attached hydrogen (secondary N) is 3. The molecule has 0 aromatic carbocycles. The zero-order chi connectivity index (χ0) is 19.9. The van der Waals surface area contributed by atoms with E-state index in [9.17, 15) is 4.79 Å². The molecule has 1 aliphatic heterocycles. The van der Waals surface area contributed by atoms with Gasteiger partial charge in [-0.25, -0.2) is 4.98 Å². The first-order valence-electron chi connectivity index (χ1n) is 10.1. The molecule has 1 aliphatic rings. The van der Waals surface area contributed by atoms with Crippen LogP contribution in [0.4, 0.5) is 5.69 Å². The number of aromatic nitrogens is 2. The molecule has 3 N–H and O–H groups in total. The van der Waals surface area contributed by atoms with Gasteiger partial charge in [-0.2, -0.15) is 0 Å². The van der Waals surface area contributed by atoms with Gasteiger partial charge in [-0.15, -0.1) is 0 Å². The maximum atomic E-state index is 12.5. The number of carbonyl (C=O) groups is 1. The first kappa shape index (κ1) is 20.7. The molecule has 0 spiro atoms. The van der Waals surface area contributed by atoms with Crippen molar-refractivity contribution in [3.8, 4) is 11.3 Å². The third-order valence-electron chi connectivity index (χ3n) is 4.94. The first-order chi connectivity index (χ1) is 13.5. The number of likely N-dealkylation sites (tertiary alicyclic amines) is 1. The van der Waals surface area contributed by atoms with Crippen LogP contribution in [0.5, 0.6) is 0 Å².